The minimum Gasteiger partial charge on any atom is -0.354 e. The zero-order valence-corrected chi connectivity index (χ0v) is 12.4. The molecule has 7 heteroatoms. The number of imide groups is 1. The normalized spacial score (nSPS) is 17.2. The van der Waals surface area contributed by atoms with Crippen molar-refractivity contribution >= 4 is 17.8 Å². The van der Waals surface area contributed by atoms with E-state index in [0.717, 1.165) is 17.9 Å². The fourth-order valence-electron chi connectivity index (χ4n) is 2.24. The summed E-state index contributed by atoms with van der Waals surface area (Å²) in [5.74, 6) is -0.620. The highest BCUT2D eigenvalue weighted by molar-refractivity contribution is 6.08. The van der Waals surface area contributed by atoms with Crippen LogP contribution >= 0.6 is 0 Å². The summed E-state index contributed by atoms with van der Waals surface area (Å²) in [6.45, 7) is 4.81. The second kappa shape index (κ2) is 7.23. The highest BCUT2D eigenvalue weighted by Crippen LogP contribution is 2.24. The third-order valence-electron chi connectivity index (χ3n) is 3.68. The van der Waals surface area contributed by atoms with Gasteiger partial charge in [-0.2, -0.15) is 0 Å². The topological polar surface area (TPSA) is 90.5 Å². The predicted octanol–water partition coefficient (Wildman–Crippen LogP) is -0.177. The molecule has 0 aromatic rings. The third-order valence-corrected chi connectivity index (χ3v) is 3.68. The van der Waals surface area contributed by atoms with Crippen molar-refractivity contribution < 1.29 is 14.4 Å². The van der Waals surface area contributed by atoms with Crippen molar-refractivity contribution in [1.29, 1.82) is 0 Å². The van der Waals surface area contributed by atoms with Crippen LogP contribution in [0.25, 0.3) is 0 Å². The molecule has 1 aliphatic rings. The molecule has 1 aliphatic heterocycles. The van der Waals surface area contributed by atoms with Crippen LogP contribution < -0.4 is 16.0 Å². The number of urea groups is 1. The summed E-state index contributed by atoms with van der Waals surface area (Å²) >= 11 is 0. The Morgan fingerprint density at radius 3 is 2.40 bits per heavy atom. The SMILES string of the molecule is CCC1(CC)NC(=O)N(CC(=O)NCCCNC)C1=O. The maximum absolute atomic E-state index is 12.3. The van der Waals surface area contributed by atoms with Crippen LogP contribution in [0.2, 0.25) is 0 Å². The van der Waals surface area contributed by atoms with Gasteiger partial charge in [0, 0.05) is 6.54 Å². The van der Waals surface area contributed by atoms with Gasteiger partial charge in [0.15, 0.2) is 0 Å². The minimum absolute atomic E-state index is 0.216. The van der Waals surface area contributed by atoms with Crippen LogP contribution in [-0.4, -0.2) is 55.0 Å². The van der Waals surface area contributed by atoms with E-state index in [1.165, 1.54) is 0 Å². The van der Waals surface area contributed by atoms with Gasteiger partial charge >= 0.3 is 6.03 Å². The third kappa shape index (κ3) is 3.47. The van der Waals surface area contributed by atoms with Crippen molar-refractivity contribution in [3.05, 3.63) is 0 Å². The highest BCUT2D eigenvalue weighted by Gasteiger charge is 2.49. The fourth-order valence-corrected chi connectivity index (χ4v) is 2.24. The van der Waals surface area contributed by atoms with Crippen molar-refractivity contribution in [1.82, 2.24) is 20.9 Å². The van der Waals surface area contributed by atoms with E-state index in [4.69, 9.17) is 0 Å². The Balaban J connectivity index is 2.53. The maximum Gasteiger partial charge on any atom is 0.325 e. The first-order valence-corrected chi connectivity index (χ1v) is 7.06. The van der Waals surface area contributed by atoms with Crippen LogP contribution in [-0.2, 0) is 9.59 Å². The zero-order valence-electron chi connectivity index (χ0n) is 12.4. The molecule has 0 spiro atoms. The molecule has 20 heavy (non-hydrogen) atoms. The van der Waals surface area contributed by atoms with Crippen LogP contribution in [0, 0.1) is 0 Å². The number of hydrogen-bond donors (Lipinski definition) is 3. The summed E-state index contributed by atoms with van der Waals surface area (Å²) in [6, 6.07) is -0.482. The standard InChI is InChI=1S/C13H24N4O3/c1-4-13(5-2)11(19)17(12(20)16-13)9-10(18)15-8-6-7-14-3/h14H,4-9H2,1-3H3,(H,15,18)(H,16,20). The number of amides is 4. The Morgan fingerprint density at radius 1 is 1.25 bits per heavy atom. The Kier molecular flexibility index (Phi) is 5.94. The van der Waals surface area contributed by atoms with Crippen LogP contribution in [0.5, 0.6) is 0 Å². The summed E-state index contributed by atoms with van der Waals surface area (Å²) in [5, 5.41) is 8.37. The molecule has 1 rings (SSSR count). The van der Waals surface area contributed by atoms with E-state index in [2.05, 4.69) is 16.0 Å². The molecule has 114 valence electrons. The molecule has 3 N–H and O–H groups in total. The number of nitrogens with zero attached hydrogens (tertiary/aromatic N) is 1. The van der Waals surface area contributed by atoms with Gasteiger partial charge in [-0.25, -0.2) is 4.79 Å². The smallest absolute Gasteiger partial charge is 0.325 e. The van der Waals surface area contributed by atoms with Crippen LogP contribution in [0.15, 0.2) is 0 Å². The summed E-state index contributed by atoms with van der Waals surface area (Å²) in [7, 11) is 1.84. The molecule has 0 aromatic heterocycles. The molecule has 0 saturated carbocycles. The molecule has 0 aromatic carbocycles. The van der Waals surface area contributed by atoms with Crippen molar-refractivity contribution in [3.8, 4) is 0 Å². The second-order valence-electron chi connectivity index (χ2n) is 4.92. The van der Waals surface area contributed by atoms with E-state index >= 15 is 0 Å². The van der Waals surface area contributed by atoms with E-state index in [9.17, 15) is 14.4 Å². The first-order chi connectivity index (χ1) is 9.50. The molecule has 0 bridgehead atoms. The summed E-state index contributed by atoms with van der Waals surface area (Å²) in [6.07, 6.45) is 1.85. The number of hydrogen-bond acceptors (Lipinski definition) is 4. The van der Waals surface area contributed by atoms with Crippen molar-refractivity contribution in [2.45, 2.75) is 38.6 Å². The average Bonchev–Trinajstić information content (AvgIpc) is 2.68. The monoisotopic (exact) mass is 284 g/mol. The van der Waals surface area contributed by atoms with Gasteiger partial charge in [0.25, 0.3) is 5.91 Å². The largest absolute Gasteiger partial charge is 0.354 e. The quantitative estimate of drug-likeness (QED) is 0.426. The number of carbonyl (C=O) groups is 3. The Labute approximate surface area is 119 Å². The van der Waals surface area contributed by atoms with Gasteiger partial charge in [-0.1, -0.05) is 13.8 Å². The molecule has 0 radical (unpaired) electrons. The highest BCUT2D eigenvalue weighted by atomic mass is 16.2. The molecule has 4 amide bonds. The number of nitrogens with one attached hydrogen (secondary N) is 3. The van der Waals surface area contributed by atoms with Crippen molar-refractivity contribution in [2.75, 3.05) is 26.7 Å². The number of carbonyl (C=O) groups excluding carboxylic acids is 3. The first-order valence-electron chi connectivity index (χ1n) is 7.06. The summed E-state index contributed by atoms with van der Waals surface area (Å²) in [5.41, 5.74) is -0.844. The van der Waals surface area contributed by atoms with E-state index in [0.29, 0.717) is 19.4 Å². The van der Waals surface area contributed by atoms with E-state index in [1.807, 2.05) is 20.9 Å². The van der Waals surface area contributed by atoms with Gasteiger partial charge in [0.2, 0.25) is 5.91 Å². The van der Waals surface area contributed by atoms with E-state index < -0.39 is 11.6 Å². The second-order valence-corrected chi connectivity index (χ2v) is 4.92. The summed E-state index contributed by atoms with van der Waals surface area (Å²) < 4.78 is 0. The lowest BCUT2D eigenvalue weighted by Gasteiger charge is -2.22. The molecule has 1 saturated heterocycles. The molecule has 1 fully saturated rings. The maximum atomic E-state index is 12.3. The first kappa shape index (κ1) is 16.4. The van der Waals surface area contributed by atoms with Crippen molar-refractivity contribution in [3.63, 3.8) is 0 Å². The van der Waals surface area contributed by atoms with Gasteiger partial charge in [0.1, 0.15) is 12.1 Å². The molecular formula is C13H24N4O3. The lowest BCUT2D eigenvalue weighted by atomic mass is 9.93. The van der Waals surface area contributed by atoms with Crippen LogP contribution in [0.3, 0.4) is 0 Å². The summed E-state index contributed by atoms with van der Waals surface area (Å²) in [4.78, 5) is 36.8. The minimum atomic E-state index is -0.844. The molecule has 0 atom stereocenters. The van der Waals surface area contributed by atoms with Gasteiger partial charge in [-0.15, -0.1) is 0 Å². The fraction of sp³-hybridized carbons (Fsp3) is 0.769. The molecule has 0 unspecified atom stereocenters. The zero-order chi connectivity index (χ0) is 15.2. The molecule has 0 aliphatic carbocycles. The van der Waals surface area contributed by atoms with Gasteiger partial charge < -0.3 is 16.0 Å². The lowest BCUT2D eigenvalue weighted by molar-refractivity contribution is -0.135. The Bertz CT molecular complexity index is 380. The average molecular weight is 284 g/mol. The van der Waals surface area contributed by atoms with E-state index in [-0.39, 0.29) is 18.4 Å². The number of rotatable bonds is 8. The van der Waals surface area contributed by atoms with Gasteiger partial charge in [-0.05, 0) is 32.9 Å². The molecule has 7 nitrogen and oxygen atoms in total. The van der Waals surface area contributed by atoms with Crippen LogP contribution in [0.4, 0.5) is 4.79 Å². The van der Waals surface area contributed by atoms with Gasteiger partial charge in [0.05, 0.1) is 0 Å². The van der Waals surface area contributed by atoms with E-state index in [1.54, 1.807) is 0 Å². The molecular weight excluding hydrogens is 260 g/mol. The van der Waals surface area contributed by atoms with Crippen LogP contribution in [0.1, 0.15) is 33.1 Å². The van der Waals surface area contributed by atoms with Crippen molar-refractivity contribution in [2.24, 2.45) is 0 Å². The Morgan fingerprint density at radius 2 is 1.90 bits per heavy atom. The molecule has 1 heterocycles. The van der Waals surface area contributed by atoms with Gasteiger partial charge in [-0.3, -0.25) is 14.5 Å². The lowest BCUT2D eigenvalue weighted by Crippen LogP contribution is -2.46. The Hall–Kier alpha value is -1.63. The predicted molar refractivity (Wildman–Crippen MR) is 75.1 cm³/mol.